The number of likely N-dealkylation sites (tertiary alicyclic amines) is 2. The van der Waals surface area contributed by atoms with E-state index in [9.17, 15) is 19.2 Å². The monoisotopic (exact) mass is 804 g/mol. The van der Waals surface area contributed by atoms with E-state index in [1.165, 1.54) is 14.2 Å². The number of ether oxygens (including phenoxy) is 3. The number of carbonyl (C=O) groups excluding carboxylic acids is 4. The molecular weight excluding hydrogens is 753 g/mol. The Morgan fingerprint density at radius 1 is 0.915 bits per heavy atom. The Hall–Kier alpha value is -6.12. The highest BCUT2D eigenvalue weighted by atomic mass is 16.5. The molecule has 3 aliphatic rings. The minimum atomic E-state index is -0.740. The first kappa shape index (κ1) is 39.7. The van der Waals surface area contributed by atoms with Gasteiger partial charge in [0.1, 0.15) is 36.1 Å². The first-order valence-electron chi connectivity index (χ1n) is 20.5. The van der Waals surface area contributed by atoms with E-state index in [2.05, 4.69) is 63.9 Å². The van der Waals surface area contributed by atoms with E-state index in [0.717, 1.165) is 87.0 Å². The minimum absolute atomic E-state index is 0.0149. The standard InChI is InChI=1S/C44H52N8O7/c1-8-25-15-35(51(20-25)41(53)24(5)46-43(55)57-6)40-47-32-13-11-26-17-31-29-12-10-27(16-28(29)21-59-36(31)18-30(26)38(32)49-40)33-19-45-39(48-33)34-14-9-23(4)52(34)42(54)37(22(2)3)50-44(56)58-7/h10-13,16-19,22-25,34-35,37H,8-9,14-15,20-21H2,1-7H3,(H,45,48)(H,46,55)(H,47,49)(H,50,56)/t23-,24-,25-,34-,35-,37-/m0/s1. The van der Waals surface area contributed by atoms with Crippen molar-refractivity contribution in [3.05, 3.63) is 65.9 Å². The van der Waals surface area contributed by atoms with Gasteiger partial charge in [0.2, 0.25) is 11.8 Å². The van der Waals surface area contributed by atoms with Crippen LogP contribution in [0.3, 0.4) is 0 Å². The van der Waals surface area contributed by atoms with Gasteiger partial charge < -0.3 is 44.6 Å². The number of methoxy groups -OCH3 is 2. The predicted octanol–water partition coefficient (Wildman–Crippen LogP) is 7.14. The average Bonchev–Trinajstić information content (AvgIpc) is 4.06. The molecule has 2 saturated heterocycles. The summed E-state index contributed by atoms with van der Waals surface area (Å²) in [7, 11) is 2.57. The van der Waals surface area contributed by atoms with Gasteiger partial charge in [0.05, 0.1) is 49.2 Å². The van der Waals surface area contributed by atoms with Crippen molar-refractivity contribution in [2.75, 3.05) is 20.8 Å². The lowest BCUT2D eigenvalue weighted by atomic mass is 9.92. The Kier molecular flexibility index (Phi) is 10.7. The van der Waals surface area contributed by atoms with E-state index in [1.807, 2.05) is 42.8 Å². The molecule has 0 saturated carbocycles. The molecule has 8 rings (SSSR count). The van der Waals surface area contributed by atoms with Crippen LogP contribution in [0, 0.1) is 11.8 Å². The predicted molar refractivity (Wildman–Crippen MR) is 221 cm³/mol. The summed E-state index contributed by atoms with van der Waals surface area (Å²) in [6.07, 6.45) is 3.81. The van der Waals surface area contributed by atoms with Crippen molar-refractivity contribution in [2.45, 2.75) is 97.1 Å². The Morgan fingerprint density at radius 3 is 2.44 bits per heavy atom. The fourth-order valence-corrected chi connectivity index (χ4v) is 9.04. The summed E-state index contributed by atoms with van der Waals surface area (Å²) in [5.41, 5.74) is 6.59. The van der Waals surface area contributed by atoms with E-state index < -0.39 is 24.3 Å². The van der Waals surface area contributed by atoms with Crippen molar-refractivity contribution in [3.63, 3.8) is 0 Å². The van der Waals surface area contributed by atoms with Crippen molar-refractivity contribution in [1.29, 1.82) is 0 Å². The van der Waals surface area contributed by atoms with E-state index in [1.54, 1.807) is 6.92 Å². The molecule has 2 fully saturated rings. The van der Waals surface area contributed by atoms with Crippen molar-refractivity contribution < 1.29 is 33.4 Å². The summed E-state index contributed by atoms with van der Waals surface area (Å²) in [4.78, 5) is 71.9. The number of aromatic nitrogens is 4. The summed E-state index contributed by atoms with van der Waals surface area (Å²) in [6, 6.07) is 12.7. The molecule has 6 atom stereocenters. The molecule has 4 amide bonds. The smallest absolute Gasteiger partial charge is 0.407 e. The topological polar surface area (TPSA) is 184 Å². The van der Waals surface area contributed by atoms with Gasteiger partial charge in [-0.05, 0) is 91.3 Å². The number of hydrogen-bond donors (Lipinski definition) is 4. The van der Waals surface area contributed by atoms with Crippen molar-refractivity contribution in [1.82, 2.24) is 40.4 Å². The van der Waals surface area contributed by atoms with E-state index in [4.69, 9.17) is 24.2 Å². The summed E-state index contributed by atoms with van der Waals surface area (Å²) in [5, 5.41) is 7.30. The number of carbonyl (C=O) groups is 4. The zero-order valence-corrected chi connectivity index (χ0v) is 34.5. The number of aromatic amines is 2. The minimum Gasteiger partial charge on any atom is -0.488 e. The molecular formula is C44H52N8O7. The maximum absolute atomic E-state index is 13.9. The molecule has 4 N–H and O–H groups in total. The van der Waals surface area contributed by atoms with E-state index in [0.29, 0.717) is 24.9 Å². The van der Waals surface area contributed by atoms with Crippen molar-refractivity contribution in [3.8, 4) is 28.1 Å². The molecule has 15 nitrogen and oxygen atoms in total. The highest BCUT2D eigenvalue weighted by Gasteiger charge is 2.42. The molecule has 15 heteroatoms. The maximum Gasteiger partial charge on any atom is 0.407 e. The van der Waals surface area contributed by atoms with Crippen molar-refractivity contribution in [2.24, 2.45) is 11.8 Å². The third kappa shape index (κ3) is 7.31. The largest absolute Gasteiger partial charge is 0.488 e. The second kappa shape index (κ2) is 15.9. The molecule has 2 aromatic heterocycles. The Morgan fingerprint density at radius 2 is 1.69 bits per heavy atom. The van der Waals surface area contributed by atoms with Crippen LogP contribution < -0.4 is 15.4 Å². The lowest BCUT2D eigenvalue weighted by Crippen LogP contribution is -2.52. The van der Waals surface area contributed by atoms with Crippen LogP contribution in [-0.2, 0) is 25.7 Å². The van der Waals surface area contributed by atoms with Gasteiger partial charge in [0, 0.05) is 23.5 Å². The molecule has 0 aliphatic carbocycles. The molecule has 3 aliphatic heterocycles. The highest BCUT2D eigenvalue weighted by Crippen LogP contribution is 2.44. The number of nitrogens with zero attached hydrogens (tertiary/aromatic N) is 4. The van der Waals surface area contributed by atoms with Gasteiger partial charge in [0.15, 0.2) is 0 Å². The molecule has 0 radical (unpaired) electrons. The number of amides is 4. The zero-order chi connectivity index (χ0) is 41.7. The number of rotatable bonds is 9. The lowest BCUT2D eigenvalue weighted by Gasteiger charge is -2.32. The van der Waals surface area contributed by atoms with Gasteiger partial charge in [-0.25, -0.2) is 19.6 Å². The van der Waals surface area contributed by atoms with Gasteiger partial charge in [-0.2, -0.15) is 0 Å². The Labute approximate surface area is 342 Å². The number of imidazole rings is 2. The maximum atomic E-state index is 13.9. The van der Waals surface area contributed by atoms with Gasteiger partial charge >= 0.3 is 12.2 Å². The fourth-order valence-electron chi connectivity index (χ4n) is 9.04. The molecule has 0 spiro atoms. The molecule has 5 heterocycles. The zero-order valence-electron chi connectivity index (χ0n) is 34.5. The van der Waals surface area contributed by atoms with Gasteiger partial charge in [-0.3, -0.25) is 9.59 Å². The van der Waals surface area contributed by atoms with Crippen LogP contribution in [-0.4, -0.2) is 92.6 Å². The van der Waals surface area contributed by atoms with E-state index in [-0.39, 0.29) is 35.9 Å². The quantitative estimate of drug-likeness (QED) is 0.120. The second-order valence-electron chi connectivity index (χ2n) is 16.4. The van der Waals surface area contributed by atoms with Crippen LogP contribution in [0.15, 0.2) is 48.7 Å². The average molecular weight is 805 g/mol. The van der Waals surface area contributed by atoms with Crippen LogP contribution in [0.4, 0.5) is 9.59 Å². The van der Waals surface area contributed by atoms with Gasteiger partial charge in [-0.15, -0.1) is 0 Å². The lowest BCUT2D eigenvalue weighted by molar-refractivity contribution is -0.137. The summed E-state index contributed by atoms with van der Waals surface area (Å²) >= 11 is 0. The van der Waals surface area contributed by atoms with Gasteiger partial charge in [0.25, 0.3) is 0 Å². The number of nitrogens with one attached hydrogen (secondary N) is 4. The van der Waals surface area contributed by atoms with Crippen LogP contribution in [0.25, 0.3) is 44.2 Å². The fraction of sp³-hybridized carbons (Fsp3) is 0.455. The normalized spacial score (nSPS) is 20.9. The number of H-pyrrole nitrogens is 2. The molecule has 0 unspecified atom stereocenters. The van der Waals surface area contributed by atoms with Crippen molar-refractivity contribution >= 4 is 45.8 Å². The summed E-state index contributed by atoms with van der Waals surface area (Å²) < 4.78 is 15.9. The molecule has 5 aromatic rings. The van der Waals surface area contributed by atoms with E-state index >= 15 is 0 Å². The number of alkyl carbamates (subject to hydrolysis) is 2. The number of hydrogen-bond acceptors (Lipinski definition) is 9. The SMILES string of the molecule is CC[C@H]1C[C@@H](c2nc3c(ccc4cc5c(cc43)OCc3cc(-c4cnc([C@@H]6CC[C@H](C)N6C(=O)[C@@H](NC(=O)OC)C(C)C)[nH]4)ccc3-5)[nH]2)N(C(=O)[C@H](C)NC(=O)OC)C1. The Balaban J connectivity index is 1.05. The molecule has 59 heavy (non-hydrogen) atoms. The third-order valence-electron chi connectivity index (χ3n) is 12.4. The second-order valence-corrected chi connectivity index (χ2v) is 16.4. The van der Waals surface area contributed by atoms with Gasteiger partial charge in [-0.1, -0.05) is 45.4 Å². The first-order valence-corrected chi connectivity index (χ1v) is 20.5. The number of benzene rings is 3. The molecule has 0 bridgehead atoms. The van der Waals surface area contributed by atoms with Crippen LogP contribution in [0.2, 0.25) is 0 Å². The summed E-state index contributed by atoms with van der Waals surface area (Å²) in [6.45, 7) is 10.6. The third-order valence-corrected chi connectivity index (χ3v) is 12.4. The van der Waals surface area contributed by atoms with Crippen LogP contribution >= 0.6 is 0 Å². The first-order chi connectivity index (χ1) is 28.4. The number of fused-ring (bicyclic) bond motifs is 6. The Bertz CT molecular complexity index is 2440. The highest BCUT2D eigenvalue weighted by molar-refractivity contribution is 6.07. The molecule has 3 aromatic carbocycles. The summed E-state index contributed by atoms with van der Waals surface area (Å²) in [5.74, 6) is 2.06. The van der Waals surface area contributed by atoms with Crippen LogP contribution in [0.5, 0.6) is 5.75 Å². The molecule has 310 valence electrons. The van der Waals surface area contributed by atoms with Crippen LogP contribution in [0.1, 0.15) is 89.6 Å².